The van der Waals surface area contributed by atoms with E-state index in [1.54, 1.807) is 31.2 Å². The van der Waals surface area contributed by atoms with Gasteiger partial charge in [0.05, 0.1) is 29.6 Å². The van der Waals surface area contributed by atoms with Gasteiger partial charge in [0.1, 0.15) is 11.5 Å². The summed E-state index contributed by atoms with van der Waals surface area (Å²) in [5.74, 6) is 1.31. The van der Waals surface area contributed by atoms with Crippen molar-refractivity contribution in [2.75, 3.05) is 12.4 Å². The highest BCUT2D eigenvalue weighted by atomic mass is 35.5. The van der Waals surface area contributed by atoms with Gasteiger partial charge in [-0.3, -0.25) is 9.48 Å². The molecule has 1 aliphatic carbocycles. The lowest BCUT2D eigenvalue weighted by Gasteiger charge is -2.16. The first-order chi connectivity index (χ1) is 13.1. The predicted octanol–water partition coefficient (Wildman–Crippen LogP) is 3.88. The Bertz CT molecular complexity index is 1010. The number of nitrogens with one attached hydrogen (secondary N) is 1. The highest BCUT2D eigenvalue weighted by Crippen LogP contribution is 2.39. The molecule has 0 spiro atoms. The van der Waals surface area contributed by atoms with E-state index in [1.807, 2.05) is 18.2 Å². The van der Waals surface area contributed by atoms with E-state index in [-0.39, 0.29) is 11.7 Å². The number of hydrogen-bond donors (Lipinski definition) is 1. The fourth-order valence-corrected chi connectivity index (χ4v) is 3.09. The van der Waals surface area contributed by atoms with Gasteiger partial charge in [-0.1, -0.05) is 17.7 Å². The number of para-hydroxylation sites is 1. The standard InChI is InChI=1S/C19H18ClN5O2/c1-25-10-22-19(24-25)12-4-3-5-14(18(12)27-2)23-15-8-16(20)21-9-13(15)17(26)11-6-7-11/h3-5,8-11H,6-7H2,1-2H3,(H,21,23). The second-order valence-corrected chi connectivity index (χ2v) is 6.83. The van der Waals surface area contributed by atoms with Gasteiger partial charge in [0.2, 0.25) is 0 Å². The fourth-order valence-electron chi connectivity index (χ4n) is 2.93. The largest absolute Gasteiger partial charge is 0.494 e. The number of carbonyl (C=O) groups excluding carboxylic acids is 1. The minimum atomic E-state index is 0.0828. The molecular formula is C19H18ClN5O2. The quantitative estimate of drug-likeness (QED) is 0.514. The van der Waals surface area contributed by atoms with Crippen molar-refractivity contribution in [3.8, 4) is 17.1 Å². The normalized spacial score (nSPS) is 13.4. The second-order valence-electron chi connectivity index (χ2n) is 6.44. The van der Waals surface area contributed by atoms with Gasteiger partial charge in [-0.25, -0.2) is 9.97 Å². The van der Waals surface area contributed by atoms with Gasteiger partial charge in [0.15, 0.2) is 17.4 Å². The van der Waals surface area contributed by atoms with E-state index < -0.39 is 0 Å². The van der Waals surface area contributed by atoms with Gasteiger partial charge >= 0.3 is 0 Å². The van der Waals surface area contributed by atoms with Crippen LogP contribution >= 0.6 is 11.6 Å². The first-order valence-electron chi connectivity index (χ1n) is 8.56. The summed E-state index contributed by atoms with van der Waals surface area (Å²) in [7, 11) is 3.39. The molecule has 0 bridgehead atoms. The van der Waals surface area contributed by atoms with Crippen molar-refractivity contribution >= 4 is 28.8 Å². The zero-order valence-corrected chi connectivity index (χ0v) is 15.7. The van der Waals surface area contributed by atoms with Crippen molar-refractivity contribution in [3.05, 3.63) is 47.5 Å². The van der Waals surface area contributed by atoms with E-state index in [0.717, 1.165) is 18.4 Å². The summed E-state index contributed by atoms with van der Waals surface area (Å²) in [4.78, 5) is 21.0. The molecule has 1 aromatic carbocycles. The molecule has 2 aromatic heterocycles. The van der Waals surface area contributed by atoms with Crippen LogP contribution in [0, 0.1) is 5.92 Å². The molecule has 7 nitrogen and oxygen atoms in total. The van der Waals surface area contributed by atoms with Crippen molar-refractivity contribution < 1.29 is 9.53 Å². The molecule has 8 heteroatoms. The second kappa shape index (κ2) is 7.00. The van der Waals surface area contributed by atoms with Crippen molar-refractivity contribution in [2.45, 2.75) is 12.8 Å². The Labute approximate surface area is 161 Å². The Kier molecular flexibility index (Phi) is 4.53. The number of hydrogen-bond acceptors (Lipinski definition) is 6. The Morgan fingerprint density at radius 2 is 2.11 bits per heavy atom. The number of halogens is 1. The van der Waals surface area contributed by atoms with Crippen molar-refractivity contribution in [1.82, 2.24) is 19.7 Å². The lowest BCUT2D eigenvalue weighted by Crippen LogP contribution is -2.07. The Hall–Kier alpha value is -2.93. The zero-order chi connectivity index (χ0) is 19.0. The van der Waals surface area contributed by atoms with Crippen LogP contribution < -0.4 is 10.1 Å². The molecule has 1 saturated carbocycles. The Balaban J connectivity index is 1.75. The highest BCUT2D eigenvalue weighted by Gasteiger charge is 2.32. The average Bonchev–Trinajstić information content (AvgIpc) is 3.42. The predicted molar refractivity (Wildman–Crippen MR) is 103 cm³/mol. The zero-order valence-electron chi connectivity index (χ0n) is 14.9. The minimum absolute atomic E-state index is 0.0828. The molecule has 0 saturated heterocycles. The molecule has 4 rings (SSSR count). The summed E-state index contributed by atoms with van der Waals surface area (Å²) in [5, 5.41) is 7.93. The number of aryl methyl sites for hydroxylation is 1. The summed E-state index contributed by atoms with van der Waals surface area (Å²) in [5.41, 5.74) is 2.58. The Morgan fingerprint density at radius 1 is 1.30 bits per heavy atom. The number of pyridine rings is 1. The molecule has 0 unspecified atom stereocenters. The van der Waals surface area contributed by atoms with E-state index >= 15 is 0 Å². The molecular weight excluding hydrogens is 366 g/mol. The lowest BCUT2D eigenvalue weighted by molar-refractivity contribution is 0.0968. The van der Waals surface area contributed by atoms with Crippen molar-refractivity contribution in [3.63, 3.8) is 0 Å². The molecule has 1 fully saturated rings. The van der Waals surface area contributed by atoms with Crippen LogP contribution in [0.15, 0.2) is 36.8 Å². The van der Waals surface area contributed by atoms with Gasteiger partial charge in [0, 0.05) is 19.2 Å². The maximum absolute atomic E-state index is 12.6. The Morgan fingerprint density at radius 3 is 2.78 bits per heavy atom. The summed E-state index contributed by atoms with van der Waals surface area (Å²) >= 11 is 6.07. The number of carbonyl (C=O) groups is 1. The molecule has 1 N–H and O–H groups in total. The molecule has 138 valence electrons. The molecule has 0 amide bonds. The number of ketones is 1. The van der Waals surface area contributed by atoms with Gasteiger partial charge in [-0.05, 0) is 31.0 Å². The third kappa shape index (κ3) is 3.50. The number of Topliss-reactive ketones (excluding diaryl/α,β-unsaturated/α-hetero) is 1. The van der Waals surface area contributed by atoms with Crippen LogP contribution in [-0.2, 0) is 7.05 Å². The van der Waals surface area contributed by atoms with E-state index in [2.05, 4.69) is 20.4 Å². The van der Waals surface area contributed by atoms with Crippen LogP contribution in [0.2, 0.25) is 5.15 Å². The van der Waals surface area contributed by atoms with Crippen LogP contribution in [0.3, 0.4) is 0 Å². The monoisotopic (exact) mass is 383 g/mol. The maximum Gasteiger partial charge on any atom is 0.184 e. The summed E-state index contributed by atoms with van der Waals surface area (Å²) in [6.45, 7) is 0. The smallest absolute Gasteiger partial charge is 0.184 e. The maximum atomic E-state index is 12.6. The van der Waals surface area contributed by atoms with Crippen LogP contribution in [-0.4, -0.2) is 32.6 Å². The molecule has 3 aromatic rings. The molecule has 2 heterocycles. The number of methoxy groups -OCH3 is 1. The topological polar surface area (TPSA) is 81.9 Å². The van der Waals surface area contributed by atoms with Gasteiger partial charge in [-0.2, -0.15) is 5.10 Å². The van der Waals surface area contributed by atoms with E-state index in [0.29, 0.717) is 33.7 Å². The van der Waals surface area contributed by atoms with Crippen LogP contribution in [0.5, 0.6) is 5.75 Å². The van der Waals surface area contributed by atoms with Crippen molar-refractivity contribution in [2.24, 2.45) is 13.0 Å². The fraction of sp³-hybridized carbons (Fsp3) is 0.263. The number of aromatic nitrogens is 4. The van der Waals surface area contributed by atoms with Gasteiger partial charge in [-0.15, -0.1) is 0 Å². The van der Waals surface area contributed by atoms with Crippen LogP contribution in [0.4, 0.5) is 11.4 Å². The molecule has 1 aliphatic rings. The molecule has 0 aliphatic heterocycles. The number of ether oxygens (including phenoxy) is 1. The lowest BCUT2D eigenvalue weighted by atomic mass is 10.1. The van der Waals surface area contributed by atoms with Crippen LogP contribution in [0.25, 0.3) is 11.4 Å². The number of nitrogens with zero attached hydrogens (tertiary/aromatic N) is 4. The first kappa shape index (κ1) is 17.5. The van der Waals surface area contributed by atoms with Crippen molar-refractivity contribution in [1.29, 1.82) is 0 Å². The summed E-state index contributed by atoms with van der Waals surface area (Å²) < 4.78 is 7.25. The number of rotatable bonds is 6. The third-order valence-electron chi connectivity index (χ3n) is 4.41. The SMILES string of the molecule is COc1c(Nc2cc(Cl)ncc2C(=O)C2CC2)cccc1-c1ncn(C)n1. The molecule has 27 heavy (non-hydrogen) atoms. The third-order valence-corrected chi connectivity index (χ3v) is 4.62. The van der Waals surface area contributed by atoms with E-state index in [4.69, 9.17) is 16.3 Å². The van der Waals surface area contributed by atoms with Crippen LogP contribution in [0.1, 0.15) is 23.2 Å². The van der Waals surface area contributed by atoms with Gasteiger partial charge in [0.25, 0.3) is 0 Å². The summed E-state index contributed by atoms with van der Waals surface area (Å²) in [6.07, 6.45) is 5.00. The molecule has 0 radical (unpaired) electrons. The minimum Gasteiger partial charge on any atom is -0.494 e. The highest BCUT2D eigenvalue weighted by molar-refractivity contribution is 6.29. The first-order valence-corrected chi connectivity index (χ1v) is 8.94. The van der Waals surface area contributed by atoms with E-state index in [1.165, 1.54) is 6.20 Å². The number of anilines is 2. The average molecular weight is 384 g/mol. The summed E-state index contributed by atoms with van der Waals surface area (Å²) in [6, 6.07) is 7.28. The van der Waals surface area contributed by atoms with Gasteiger partial charge < -0.3 is 10.1 Å². The molecule has 0 atom stereocenters. The van der Waals surface area contributed by atoms with E-state index in [9.17, 15) is 4.79 Å². The number of benzene rings is 1.